The van der Waals surface area contributed by atoms with Gasteiger partial charge in [0.05, 0.1) is 24.7 Å². The highest BCUT2D eigenvalue weighted by Gasteiger charge is 2.50. The summed E-state index contributed by atoms with van der Waals surface area (Å²) >= 11 is 0. The molecule has 0 spiro atoms. The average Bonchev–Trinajstić information content (AvgIpc) is 3.24. The maximum Gasteiger partial charge on any atom is 0.425 e. The Morgan fingerprint density at radius 1 is 0.944 bits per heavy atom. The van der Waals surface area contributed by atoms with Crippen molar-refractivity contribution in [2.75, 3.05) is 6.61 Å². The van der Waals surface area contributed by atoms with Crippen LogP contribution in [0.15, 0.2) is 102 Å². The molecule has 7 nitrogen and oxygen atoms in total. The molecule has 1 heterocycles. The summed E-state index contributed by atoms with van der Waals surface area (Å²) in [5, 5.41) is 0. The molecule has 1 fully saturated rings. The minimum absolute atomic E-state index is 0.000341. The second-order valence-electron chi connectivity index (χ2n) is 8.52. The van der Waals surface area contributed by atoms with Crippen LogP contribution in [0, 0.1) is 6.92 Å². The zero-order valence-electron chi connectivity index (χ0n) is 20.0. The van der Waals surface area contributed by atoms with E-state index >= 15 is 0 Å². The summed E-state index contributed by atoms with van der Waals surface area (Å²) in [6.07, 6.45) is -1.24. The van der Waals surface area contributed by atoms with Crippen molar-refractivity contribution in [3.8, 4) is 0 Å². The van der Waals surface area contributed by atoms with Crippen molar-refractivity contribution in [2.24, 2.45) is 0 Å². The molecular formula is C28H29NO6S. The Morgan fingerprint density at radius 2 is 1.53 bits per heavy atom. The first-order chi connectivity index (χ1) is 17.4. The van der Waals surface area contributed by atoms with Gasteiger partial charge in [-0.1, -0.05) is 84.4 Å². The number of aryl methyl sites for hydroxylation is 1. The fraction of sp³-hybridized carbons (Fsp3) is 0.250. The van der Waals surface area contributed by atoms with Crippen LogP contribution in [0.2, 0.25) is 0 Å². The van der Waals surface area contributed by atoms with E-state index in [2.05, 4.69) is 6.58 Å². The van der Waals surface area contributed by atoms with Crippen molar-refractivity contribution in [3.05, 3.63) is 114 Å². The summed E-state index contributed by atoms with van der Waals surface area (Å²) in [6, 6.07) is 24.5. The zero-order valence-corrected chi connectivity index (χ0v) is 20.8. The smallest absolute Gasteiger partial charge is 0.425 e. The highest BCUT2D eigenvalue weighted by atomic mass is 32.2. The Balaban J connectivity index is 1.56. The van der Waals surface area contributed by atoms with Gasteiger partial charge in [0.15, 0.2) is 6.10 Å². The lowest BCUT2D eigenvalue weighted by molar-refractivity contribution is -0.0841. The van der Waals surface area contributed by atoms with Gasteiger partial charge in [-0.25, -0.2) is 13.2 Å². The van der Waals surface area contributed by atoms with Crippen LogP contribution in [0.5, 0.6) is 0 Å². The third kappa shape index (κ3) is 5.84. The van der Waals surface area contributed by atoms with E-state index in [1.807, 2.05) is 67.6 Å². The van der Waals surface area contributed by atoms with Crippen LogP contribution >= 0.6 is 0 Å². The van der Waals surface area contributed by atoms with Crippen molar-refractivity contribution >= 4 is 16.1 Å². The molecule has 3 atom stereocenters. The minimum Gasteiger partial charge on any atom is -0.440 e. The molecule has 8 heteroatoms. The molecule has 0 saturated carbocycles. The van der Waals surface area contributed by atoms with E-state index in [4.69, 9.17) is 14.2 Å². The van der Waals surface area contributed by atoms with Crippen LogP contribution in [-0.4, -0.2) is 43.7 Å². The number of amides is 1. The summed E-state index contributed by atoms with van der Waals surface area (Å²) in [7, 11) is -4.17. The number of hydrogen-bond acceptors (Lipinski definition) is 6. The summed E-state index contributed by atoms with van der Waals surface area (Å²) < 4.78 is 45.1. The van der Waals surface area contributed by atoms with Crippen LogP contribution in [0.1, 0.15) is 16.7 Å². The molecule has 3 aromatic carbocycles. The lowest BCUT2D eigenvalue weighted by Gasteiger charge is -2.27. The first-order valence-corrected chi connectivity index (χ1v) is 13.1. The van der Waals surface area contributed by atoms with Gasteiger partial charge in [0, 0.05) is 0 Å². The molecule has 3 aromatic rings. The van der Waals surface area contributed by atoms with Crippen molar-refractivity contribution in [1.82, 2.24) is 4.31 Å². The highest BCUT2D eigenvalue weighted by molar-refractivity contribution is 7.89. The molecule has 188 valence electrons. The Kier molecular flexibility index (Phi) is 8.20. The second kappa shape index (κ2) is 11.5. The SMILES string of the molecule is C=C[C@H]1[C@H]([C@@H](COCc2ccccc2)OCc2ccccc2)OC(=O)N1S(=O)(=O)c1ccc(C)cc1. The van der Waals surface area contributed by atoms with Crippen LogP contribution < -0.4 is 0 Å². The Hall–Kier alpha value is -3.46. The normalized spacial score (nSPS) is 18.6. The molecule has 0 unspecified atom stereocenters. The fourth-order valence-corrected chi connectivity index (χ4v) is 5.46. The van der Waals surface area contributed by atoms with Crippen molar-refractivity contribution in [3.63, 3.8) is 0 Å². The number of ether oxygens (including phenoxy) is 3. The number of sulfonamides is 1. The standard InChI is InChI=1S/C28H29NO6S/c1-3-25-27(35-28(30)29(25)36(31,32)24-16-14-21(2)15-17-24)26(34-19-23-12-8-5-9-13-23)20-33-18-22-10-6-4-7-11-22/h3-17,25-27H,1,18-20H2,2H3/t25-,26+,27+/m0/s1. The van der Waals surface area contributed by atoms with Gasteiger partial charge in [0.1, 0.15) is 12.1 Å². The summed E-state index contributed by atoms with van der Waals surface area (Å²) in [4.78, 5) is 12.9. The molecule has 0 aliphatic carbocycles. The molecule has 36 heavy (non-hydrogen) atoms. The van der Waals surface area contributed by atoms with Crippen LogP contribution in [0.4, 0.5) is 4.79 Å². The summed E-state index contributed by atoms with van der Waals surface area (Å²) in [5.74, 6) is 0. The lowest BCUT2D eigenvalue weighted by atomic mass is 10.1. The van der Waals surface area contributed by atoms with E-state index in [9.17, 15) is 13.2 Å². The number of cyclic esters (lactones) is 1. The lowest BCUT2D eigenvalue weighted by Crippen LogP contribution is -2.45. The quantitative estimate of drug-likeness (QED) is 0.345. The molecule has 4 rings (SSSR count). The zero-order chi connectivity index (χ0) is 25.5. The second-order valence-corrected chi connectivity index (χ2v) is 10.3. The first-order valence-electron chi connectivity index (χ1n) is 11.6. The van der Waals surface area contributed by atoms with Gasteiger partial charge in [-0.05, 0) is 30.2 Å². The number of benzene rings is 3. The van der Waals surface area contributed by atoms with Gasteiger partial charge < -0.3 is 14.2 Å². The number of nitrogens with zero attached hydrogens (tertiary/aromatic N) is 1. The third-order valence-corrected chi connectivity index (χ3v) is 7.69. The maximum atomic E-state index is 13.4. The van der Waals surface area contributed by atoms with Gasteiger partial charge in [-0.15, -0.1) is 6.58 Å². The first kappa shape index (κ1) is 25.6. The average molecular weight is 508 g/mol. The van der Waals surface area contributed by atoms with Crippen LogP contribution in [-0.2, 0) is 37.4 Å². The molecule has 0 N–H and O–H groups in total. The van der Waals surface area contributed by atoms with E-state index in [1.165, 1.54) is 18.2 Å². The summed E-state index contributed by atoms with van der Waals surface area (Å²) in [5.41, 5.74) is 2.81. The van der Waals surface area contributed by atoms with Crippen LogP contribution in [0.25, 0.3) is 0 Å². The largest absolute Gasteiger partial charge is 0.440 e. The minimum atomic E-state index is -4.17. The molecule has 1 aliphatic rings. The van der Waals surface area contributed by atoms with E-state index in [0.29, 0.717) is 6.61 Å². The molecule has 1 amide bonds. The van der Waals surface area contributed by atoms with E-state index in [0.717, 1.165) is 21.0 Å². The van der Waals surface area contributed by atoms with Crippen LogP contribution in [0.3, 0.4) is 0 Å². The molecule has 0 aromatic heterocycles. The van der Waals surface area contributed by atoms with Gasteiger partial charge in [-0.2, -0.15) is 4.31 Å². The van der Waals surface area contributed by atoms with E-state index in [1.54, 1.807) is 12.1 Å². The Labute approximate surface area is 212 Å². The van der Waals surface area contributed by atoms with Gasteiger partial charge >= 0.3 is 6.09 Å². The number of carbonyl (C=O) groups is 1. The monoisotopic (exact) mass is 507 g/mol. The van der Waals surface area contributed by atoms with Crippen molar-refractivity contribution in [2.45, 2.75) is 43.3 Å². The van der Waals surface area contributed by atoms with Gasteiger partial charge in [0.25, 0.3) is 10.0 Å². The molecule has 1 aliphatic heterocycles. The van der Waals surface area contributed by atoms with Gasteiger partial charge in [0.2, 0.25) is 0 Å². The van der Waals surface area contributed by atoms with Crippen molar-refractivity contribution in [1.29, 1.82) is 0 Å². The Bertz CT molecular complexity index is 1260. The predicted molar refractivity (Wildman–Crippen MR) is 136 cm³/mol. The molecule has 1 saturated heterocycles. The summed E-state index contributed by atoms with van der Waals surface area (Å²) in [6.45, 7) is 6.30. The number of hydrogen-bond donors (Lipinski definition) is 0. The maximum absolute atomic E-state index is 13.4. The van der Waals surface area contributed by atoms with E-state index < -0.39 is 34.4 Å². The number of carbonyl (C=O) groups excluding carboxylic acids is 1. The molecular weight excluding hydrogens is 478 g/mol. The molecule has 0 radical (unpaired) electrons. The van der Waals surface area contributed by atoms with Gasteiger partial charge in [-0.3, -0.25) is 0 Å². The highest BCUT2D eigenvalue weighted by Crippen LogP contribution is 2.31. The molecule has 0 bridgehead atoms. The third-order valence-electron chi connectivity index (χ3n) is 5.91. The van der Waals surface area contributed by atoms with Crippen molar-refractivity contribution < 1.29 is 27.4 Å². The fourth-order valence-electron chi connectivity index (χ4n) is 3.98. The Morgan fingerprint density at radius 3 is 2.11 bits per heavy atom. The number of rotatable bonds is 11. The topological polar surface area (TPSA) is 82.1 Å². The predicted octanol–water partition coefficient (Wildman–Crippen LogP) is 4.86. The van der Waals surface area contributed by atoms with E-state index in [-0.39, 0.29) is 18.1 Å².